The van der Waals surface area contributed by atoms with Gasteiger partial charge in [-0.3, -0.25) is 4.79 Å². The second-order valence-electron chi connectivity index (χ2n) is 7.75. The number of hydrogen-bond donors (Lipinski definition) is 1. The van der Waals surface area contributed by atoms with E-state index in [4.69, 9.17) is 14.7 Å². The fourth-order valence-electron chi connectivity index (χ4n) is 3.90. The van der Waals surface area contributed by atoms with Crippen molar-refractivity contribution in [2.75, 3.05) is 25.5 Å². The number of hydrogen-bond acceptors (Lipinski definition) is 7. The average Bonchev–Trinajstić information content (AvgIpc) is 2.87. The molecule has 33 heavy (non-hydrogen) atoms. The Labute approximate surface area is 192 Å². The molecule has 1 saturated heterocycles. The molecule has 1 amide bonds. The lowest BCUT2D eigenvalue weighted by Crippen LogP contribution is -2.41. The summed E-state index contributed by atoms with van der Waals surface area (Å²) in [5.41, 5.74) is 2.32. The number of carbonyl (C=O) groups excluding carboxylic acids is 1. The normalized spacial score (nSPS) is 13.9. The molecule has 0 bridgehead atoms. The number of rotatable bonds is 7. The maximum Gasteiger partial charge on any atom is 0.245 e. The van der Waals surface area contributed by atoms with Gasteiger partial charge in [-0.15, -0.1) is 0 Å². The lowest BCUT2D eigenvalue weighted by molar-refractivity contribution is -0.127. The molecular formula is C25H25N5O3. The zero-order valence-corrected chi connectivity index (χ0v) is 18.5. The molecule has 8 nitrogen and oxygen atoms in total. The van der Waals surface area contributed by atoms with Crippen molar-refractivity contribution in [3.05, 3.63) is 66.5 Å². The van der Waals surface area contributed by atoms with Gasteiger partial charge in [-0.05, 0) is 29.8 Å². The molecule has 0 spiro atoms. The van der Waals surface area contributed by atoms with E-state index in [1.165, 1.54) is 12.4 Å². The van der Waals surface area contributed by atoms with Crippen molar-refractivity contribution >= 4 is 22.6 Å². The van der Waals surface area contributed by atoms with Crippen molar-refractivity contribution in [1.29, 1.82) is 5.26 Å². The highest BCUT2D eigenvalue weighted by atomic mass is 16.5. The SMILES string of the molecule is C=CC(=O)N1CCC(Oc2cc3c(NCc4cccc(C#N)c4)ncnc3cc2OC)CC1. The maximum atomic E-state index is 11.8. The number of amides is 1. The average molecular weight is 444 g/mol. The Balaban J connectivity index is 1.54. The molecule has 0 radical (unpaired) electrons. The molecule has 1 aromatic heterocycles. The van der Waals surface area contributed by atoms with Gasteiger partial charge in [-0.1, -0.05) is 18.7 Å². The molecule has 0 saturated carbocycles. The highest BCUT2D eigenvalue weighted by molar-refractivity contribution is 5.91. The van der Waals surface area contributed by atoms with Crippen LogP contribution in [0.3, 0.4) is 0 Å². The van der Waals surface area contributed by atoms with Crippen LogP contribution in [0.4, 0.5) is 5.82 Å². The van der Waals surface area contributed by atoms with Gasteiger partial charge >= 0.3 is 0 Å². The Morgan fingerprint density at radius 3 is 2.82 bits per heavy atom. The van der Waals surface area contributed by atoms with Crippen molar-refractivity contribution in [3.63, 3.8) is 0 Å². The second-order valence-corrected chi connectivity index (χ2v) is 7.75. The Kier molecular flexibility index (Phi) is 6.69. The smallest absolute Gasteiger partial charge is 0.245 e. The first-order valence-corrected chi connectivity index (χ1v) is 10.7. The van der Waals surface area contributed by atoms with E-state index in [-0.39, 0.29) is 12.0 Å². The summed E-state index contributed by atoms with van der Waals surface area (Å²) in [7, 11) is 1.60. The summed E-state index contributed by atoms with van der Waals surface area (Å²) in [5.74, 6) is 1.83. The third-order valence-corrected chi connectivity index (χ3v) is 5.66. The Morgan fingerprint density at radius 1 is 1.27 bits per heavy atom. The lowest BCUT2D eigenvalue weighted by Gasteiger charge is -2.31. The van der Waals surface area contributed by atoms with Gasteiger partial charge in [0.15, 0.2) is 11.5 Å². The Hall–Kier alpha value is -4.12. The van der Waals surface area contributed by atoms with Gasteiger partial charge in [0, 0.05) is 43.9 Å². The van der Waals surface area contributed by atoms with E-state index < -0.39 is 0 Å². The van der Waals surface area contributed by atoms with Crippen molar-refractivity contribution in [3.8, 4) is 17.6 Å². The summed E-state index contributed by atoms with van der Waals surface area (Å²) in [6.45, 7) is 5.32. The second kappa shape index (κ2) is 10.0. The topological polar surface area (TPSA) is 100 Å². The van der Waals surface area contributed by atoms with Crippen LogP contribution in [0.1, 0.15) is 24.0 Å². The molecule has 0 aliphatic carbocycles. The Bertz CT molecular complexity index is 1210. The van der Waals surface area contributed by atoms with Gasteiger partial charge in [-0.2, -0.15) is 5.26 Å². The van der Waals surface area contributed by atoms with Crippen molar-refractivity contribution in [2.45, 2.75) is 25.5 Å². The van der Waals surface area contributed by atoms with Gasteiger partial charge in [-0.25, -0.2) is 9.97 Å². The van der Waals surface area contributed by atoms with Crippen LogP contribution < -0.4 is 14.8 Å². The minimum absolute atomic E-state index is 0.0278. The summed E-state index contributed by atoms with van der Waals surface area (Å²) < 4.78 is 11.8. The number of ether oxygens (including phenoxy) is 2. The number of likely N-dealkylation sites (tertiary alicyclic amines) is 1. The van der Waals surface area contributed by atoms with Gasteiger partial charge < -0.3 is 19.7 Å². The van der Waals surface area contributed by atoms with Gasteiger partial charge in [0.1, 0.15) is 18.2 Å². The van der Waals surface area contributed by atoms with E-state index in [1.807, 2.05) is 30.3 Å². The van der Waals surface area contributed by atoms with E-state index in [2.05, 4.69) is 27.9 Å². The first-order chi connectivity index (χ1) is 16.1. The molecule has 2 heterocycles. The number of aromatic nitrogens is 2. The monoisotopic (exact) mass is 443 g/mol. The molecule has 1 N–H and O–H groups in total. The lowest BCUT2D eigenvalue weighted by atomic mass is 10.1. The number of nitriles is 1. The number of carbonyl (C=O) groups is 1. The summed E-state index contributed by atoms with van der Waals surface area (Å²) in [6, 6.07) is 13.3. The molecule has 168 valence electrons. The van der Waals surface area contributed by atoms with E-state index in [9.17, 15) is 4.79 Å². The number of piperidine rings is 1. The summed E-state index contributed by atoms with van der Waals surface area (Å²) in [6.07, 6.45) is 4.28. The minimum Gasteiger partial charge on any atom is -0.493 e. The van der Waals surface area contributed by atoms with E-state index in [0.29, 0.717) is 42.5 Å². The number of nitrogens with zero attached hydrogens (tertiary/aromatic N) is 4. The van der Waals surface area contributed by atoms with E-state index in [0.717, 1.165) is 29.3 Å². The van der Waals surface area contributed by atoms with Crippen molar-refractivity contribution in [1.82, 2.24) is 14.9 Å². The van der Waals surface area contributed by atoms with Crippen LogP contribution in [0.2, 0.25) is 0 Å². The molecule has 8 heteroatoms. The first kappa shape index (κ1) is 22.1. The largest absolute Gasteiger partial charge is 0.493 e. The third-order valence-electron chi connectivity index (χ3n) is 5.66. The number of methoxy groups -OCH3 is 1. The fourth-order valence-corrected chi connectivity index (χ4v) is 3.90. The van der Waals surface area contributed by atoms with Gasteiger partial charge in [0.25, 0.3) is 0 Å². The maximum absolute atomic E-state index is 11.8. The van der Waals surface area contributed by atoms with Crippen LogP contribution in [-0.4, -0.2) is 47.1 Å². The van der Waals surface area contributed by atoms with Crippen LogP contribution in [0.5, 0.6) is 11.5 Å². The zero-order valence-electron chi connectivity index (χ0n) is 18.5. The standard InChI is InChI=1S/C25H25N5O3/c1-3-24(31)30-9-7-19(8-10-30)33-23-12-20-21(13-22(23)32-2)28-16-29-25(20)27-15-18-6-4-5-17(11-18)14-26/h3-6,11-13,16,19H,1,7-10,15H2,2H3,(H,27,28,29). The first-order valence-electron chi connectivity index (χ1n) is 10.7. The molecule has 1 aliphatic rings. The molecule has 3 aromatic rings. The predicted molar refractivity (Wildman–Crippen MR) is 125 cm³/mol. The predicted octanol–water partition coefficient (Wildman–Crippen LogP) is 3.68. The van der Waals surface area contributed by atoms with Crippen LogP contribution >= 0.6 is 0 Å². The van der Waals surface area contributed by atoms with E-state index >= 15 is 0 Å². The zero-order chi connectivity index (χ0) is 23.2. The number of anilines is 1. The van der Waals surface area contributed by atoms with Crippen LogP contribution in [0.15, 0.2) is 55.4 Å². The van der Waals surface area contributed by atoms with Crippen molar-refractivity contribution < 1.29 is 14.3 Å². The quantitative estimate of drug-likeness (QED) is 0.556. The molecule has 0 atom stereocenters. The summed E-state index contributed by atoms with van der Waals surface area (Å²) in [5, 5.41) is 13.3. The molecule has 2 aromatic carbocycles. The molecule has 1 fully saturated rings. The van der Waals surface area contributed by atoms with Gasteiger partial charge in [0.2, 0.25) is 5.91 Å². The number of fused-ring (bicyclic) bond motifs is 1. The summed E-state index contributed by atoms with van der Waals surface area (Å²) >= 11 is 0. The fraction of sp³-hybridized carbons (Fsp3) is 0.280. The van der Waals surface area contributed by atoms with Crippen molar-refractivity contribution in [2.24, 2.45) is 0 Å². The van der Waals surface area contributed by atoms with Crippen LogP contribution in [0, 0.1) is 11.3 Å². The molecule has 1 aliphatic heterocycles. The number of benzene rings is 2. The highest BCUT2D eigenvalue weighted by Gasteiger charge is 2.24. The Morgan fingerprint density at radius 2 is 2.09 bits per heavy atom. The highest BCUT2D eigenvalue weighted by Crippen LogP contribution is 2.35. The van der Waals surface area contributed by atoms with Crippen LogP contribution in [-0.2, 0) is 11.3 Å². The minimum atomic E-state index is -0.0510. The van der Waals surface area contributed by atoms with Gasteiger partial charge in [0.05, 0.1) is 24.3 Å². The molecular weight excluding hydrogens is 418 g/mol. The molecule has 4 rings (SSSR count). The molecule has 0 unspecified atom stereocenters. The van der Waals surface area contributed by atoms with Crippen LogP contribution in [0.25, 0.3) is 10.9 Å². The number of nitrogens with one attached hydrogen (secondary N) is 1. The third kappa shape index (κ3) is 5.04. The summed E-state index contributed by atoms with van der Waals surface area (Å²) in [4.78, 5) is 22.4. The van der Waals surface area contributed by atoms with E-state index in [1.54, 1.807) is 18.1 Å².